The molecule has 3 aromatic rings. The number of fused-ring (bicyclic) bond motifs is 1. The lowest BCUT2D eigenvalue weighted by atomic mass is 10.0. The Balaban J connectivity index is 2.37. The van der Waals surface area contributed by atoms with Crippen LogP contribution in [0.25, 0.3) is 21.9 Å². The molecule has 3 rings (SSSR count). The van der Waals surface area contributed by atoms with E-state index >= 15 is 0 Å². The van der Waals surface area contributed by atoms with Crippen molar-refractivity contribution in [2.75, 3.05) is 0 Å². The summed E-state index contributed by atoms with van der Waals surface area (Å²) in [5, 5.41) is 1.55. The van der Waals surface area contributed by atoms with Crippen LogP contribution in [0.2, 0.25) is 0 Å². The SMILES string of the molecule is Cc1cccc(-c2coc(=O)c3ccccc23)c1. The third kappa shape index (κ3) is 1.72. The summed E-state index contributed by atoms with van der Waals surface area (Å²) < 4.78 is 5.11. The van der Waals surface area contributed by atoms with E-state index in [1.807, 2.05) is 43.3 Å². The Morgan fingerprint density at radius 1 is 0.944 bits per heavy atom. The average molecular weight is 236 g/mol. The van der Waals surface area contributed by atoms with E-state index in [4.69, 9.17) is 4.42 Å². The van der Waals surface area contributed by atoms with Crippen LogP contribution < -0.4 is 5.63 Å². The minimum absolute atomic E-state index is 0.290. The molecular formula is C16H12O2. The number of hydrogen-bond donors (Lipinski definition) is 0. The zero-order valence-corrected chi connectivity index (χ0v) is 10.0. The van der Waals surface area contributed by atoms with E-state index in [-0.39, 0.29) is 5.63 Å². The zero-order chi connectivity index (χ0) is 12.5. The van der Waals surface area contributed by atoms with Gasteiger partial charge in [0, 0.05) is 5.56 Å². The molecule has 88 valence electrons. The summed E-state index contributed by atoms with van der Waals surface area (Å²) in [7, 11) is 0. The minimum atomic E-state index is -0.290. The first-order chi connectivity index (χ1) is 8.75. The largest absolute Gasteiger partial charge is 0.430 e. The van der Waals surface area contributed by atoms with Gasteiger partial charge in [0.2, 0.25) is 0 Å². The van der Waals surface area contributed by atoms with Gasteiger partial charge in [-0.05, 0) is 23.9 Å². The van der Waals surface area contributed by atoms with Gasteiger partial charge in [0.15, 0.2) is 0 Å². The monoisotopic (exact) mass is 236 g/mol. The van der Waals surface area contributed by atoms with Gasteiger partial charge in [0.05, 0.1) is 5.39 Å². The quantitative estimate of drug-likeness (QED) is 0.643. The third-order valence-corrected chi connectivity index (χ3v) is 3.05. The van der Waals surface area contributed by atoms with Crippen LogP contribution in [-0.4, -0.2) is 0 Å². The highest BCUT2D eigenvalue weighted by Crippen LogP contribution is 2.27. The molecule has 0 aliphatic rings. The van der Waals surface area contributed by atoms with Gasteiger partial charge in [-0.1, -0.05) is 48.0 Å². The summed E-state index contributed by atoms with van der Waals surface area (Å²) in [6.07, 6.45) is 1.54. The van der Waals surface area contributed by atoms with Crippen molar-refractivity contribution in [3.8, 4) is 11.1 Å². The Hall–Kier alpha value is -2.35. The maximum atomic E-state index is 11.7. The predicted octanol–water partition coefficient (Wildman–Crippen LogP) is 3.77. The zero-order valence-electron chi connectivity index (χ0n) is 10.0. The maximum absolute atomic E-state index is 11.7. The first-order valence-corrected chi connectivity index (χ1v) is 5.83. The summed E-state index contributed by atoms with van der Waals surface area (Å²) in [4.78, 5) is 11.7. The summed E-state index contributed by atoms with van der Waals surface area (Å²) in [5.41, 5.74) is 2.91. The molecule has 0 N–H and O–H groups in total. The van der Waals surface area contributed by atoms with Crippen molar-refractivity contribution in [2.45, 2.75) is 6.92 Å². The van der Waals surface area contributed by atoms with Gasteiger partial charge in [0.25, 0.3) is 0 Å². The molecule has 0 saturated heterocycles. The van der Waals surface area contributed by atoms with Gasteiger partial charge in [-0.15, -0.1) is 0 Å². The molecule has 0 radical (unpaired) electrons. The number of aryl methyl sites for hydroxylation is 1. The average Bonchev–Trinajstić information content (AvgIpc) is 2.39. The molecule has 0 fully saturated rings. The van der Waals surface area contributed by atoms with Crippen LogP contribution >= 0.6 is 0 Å². The van der Waals surface area contributed by atoms with E-state index in [0.717, 1.165) is 16.5 Å². The molecule has 18 heavy (non-hydrogen) atoms. The van der Waals surface area contributed by atoms with Crippen LogP contribution in [0.4, 0.5) is 0 Å². The molecule has 2 aromatic carbocycles. The van der Waals surface area contributed by atoms with Crippen LogP contribution in [-0.2, 0) is 0 Å². The van der Waals surface area contributed by atoms with Gasteiger partial charge in [0.1, 0.15) is 6.26 Å². The Morgan fingerprint density at radius 2 is 1.72 bits per heavy atom. The topological polar surface area (TPSA) is 30.2 Å². The van der Waals surface area contributed by atoms with Gasteiger partial charge in [-0.2, -0.15) is 0 Å². The van der Waals surface area contributed by atoms with E-state index in [9.17, 15) is 4.79 Å². The highest BCUT2D eigenvalue weighted by atomic mass is 16.4. The molecule has 0 aliphatic carbocycles. The molecule has 0 bridgehead atoms. The molecular weight excluding hydrogens is 224 g/mol. The Labute approximate surface area is 105 Å². The molecule has 0 atom stereocenters. The van der Waals surface area contributed by atoms with Crippen LogP contribution in [0.15, 0.2) is 64.0 Å². The second kappa shape index (κ2) is 4.15. The fourth-order valence-corrected chi connectivity index (χ4v) is 2.17. The van der Waals surface area contributed by atoms with Gasteiger partial charge >= 0.3 is 5.63 Å². The van der Waals surface area contributed by atoms with Crippen molar-refractivity contribution < 1.29 is 4.42 Å². The number of benzene rings is 2. The summed E-state index contributed by atoms with van der Waals surface area (Å²) in [5.74, 6) is 0. The van der Waals surface area contributed by atoms with Crippen molar-refractivity contribution >= 4 is 10.8 Å². The molecule has 1 heterocycles. The van der Waals surface area contributed by atoms with Crippen molar-refractivity contribution in [2.24, 2.45) is 0 Å². The Bertz CT molecular complexity index is 769. The van der Waals surface area contributed by atoms with Crippen molar-refractivity contribution in [1.29, 1.82) is 0 Å². The molecule has 0 spiro atoms. The van der Waals surface area contributed by atoms with E-state index in [1.54, 1.807) is 12.3 Å². The van der Waals surface area contributed by atoms with E-state index < -0.39 is 0 Å². The van der Waals surface area contributed by atoms with E-state index in [1.165, 1.54) is 5.56 Å². The molecule has 0 aliphatic heterocycles. The normalized spacial score (nSPS) is 10.7. The van der Waals surface area contributed by atoms with Gasteiger partial charge in [-0.25, -0.2) is 4.79 Å². The van der Waals surface area contributed by atoms with E-state index in [0.29, 0.717) is 5.39 Å². The lowest BCUT2D eigenvalue weighted by Gasteiger charge is -2.05. The minimum Gasteiger partial charge on any atom is -0.430 e. The smallest absolute Gasteiger partial charge is 0.343 e. The maximum Gasteiger partial charge on any atom is 0.343 e. The number of rotatable bonds is 1. The number of hydrogen-bond acceptors (Lipinski definition) is 2. The van der Waals surface area contributed by atoms with E-state index in [2.05, 4.69) is 6.07 Å². The molecule has 2 nitrogen and oxygen atoms in total. The standard InChI is InChI=1S/C16H12O2/c1-11-5-4-6-12(9-11)15-10-18-16(17)14-8-3-2-7-13(14)15/h2-10H,1H3. The summed E-state index contributed by atoms with van der Waals surface area (Å²) in [6.45, 7) is 2.05. The lowest BCUT2D eigenvalue weighted by Crippen LogP contribution is -1.99. The molecule has 2 heteroatoms. The highest BCUT2D eigenvalue weighted by molar-refractivity contribution is 5.95. The first-order valence-electron chi connectivity index (χ1n) is 5.83. The summed E-state index contributed by atoms with van der Waals surface area (Å²) in [6, 6.07) is 15.7. The Morgan fingerprint density at radius 3 is 2.50 bits per heavy atom. The second-order valence-corrected chi connectivity index (χ2v) is 4.35. The molecule has 0 amide bonds. The van der Waals surface area contributed by atoms with Gasteiger partial charge < -0.3 is 4.42 Å². The fourth-order valence-electron chi connectivity index (χ4n) is 2.17. The van der Waals surface area contributed by atoms with Crippen LogP contribution in [0.1, 0.15) is 5.56 Å². The van der Waals surface area contributed by atoms with Crippen molar-refractivity contribution in [1.82, 2.24) is 0 Å². The van der Waals surface area contributed by atoms with Crippen LogP contribution in [0.3, 0.4) is 0 Å². The summed E-state index contributed by atoms with van der Waals surface area (Å²) >= 11 is 0. The molecule has 1 aromatic heterocycles. The van der Waals surface area contributed by atoms with Gasteiger partial charge in [-0.3, -0.25) is 0 Å². The third-order valence-electron chi connectivity index (χ3n) is 3.05. The lowest BCUT2D eigenvalue weighted by molar-refractivity contribution is 0.521. The van der Waals surface area contributed by atoms with Crippen LogP contribution in [0, 0.1) is 6.92 Å². The molecule has 0 saturated carbocycles. The highest BCUT2D eigenvalue weighted by Gasteiger charge is 2.07. The van der Waals surface area contributed by atoms with Crippen LogP contribution in [0.5, 0.6) is 0 Å². The predicted molar refractivity (Wildman–Crippen MR) is 72.7 cm³/mol. The second-order valence-electron chi connectivity index (χ2n) is 4.35. The van der Waals surface area contributed by atoms with Crippen molar-refractivity contribution in [3.63, 3.8) is 0 Å². The first kappa shape index (κ1) is 10.8. The Kier molecular flexibility index (Phi) is 2.49. The molecule has 0 unspecified atom stereocenters. The fraction of sp³-hybridized carbons (Fsp3) is 0.0625. The van der Waals surface area contributed by atoms with Crippen molar-refractivity contribution in [3.05, 3.63) is 70.8 Å².